The molecule has 0 fully saturated rings. The van der Waals surface area contributed by atoms with Gasteiger partial charge in [-0.25, -0.2) is 4.79 Å². The van der Waals surface area contributed by atoms with E-state index in [9.17, 15) is 15.0 Å². The lowest BCUT2D eigenvalue weighted by Gasteiger charge is -2.18. The van der Waals surface area contributed by atoms with Gasteiger partial charge in [-0.15, -0.1) is 0 Å². The topological polar surface area (TPSA) is 104 Å². The van der Waals surface area contributed by atoms with Crippen molar-refractivity contribution in [1.82, 2.24) is 0 Å². The third kappa shape index (κ3) is 3.16. The summed E-state index contributed by atoms with van der Waals surface area (Å²) in [6.45, 7) is 6.47. The fourth-order valence-corrected chi connectivity index (χ4v) is 2.64. The van der Waals surface area contributed by atoms with E-state index in [0.717, 1.165) is 12.1 Å². The van der Waals surface area contributed by atoms with Crippen LogP contribution in [0.15, 0.2) is 6.07 Å². The average Bonchev–Trinajstić information content (AvgIpc) is 2.21. The summed E-state index contributed by atoms with van der Waals surface area (Å²) in [6.07, 6.45) is 0.429. The molecule has 1 aromatic carbocycles. The van der Waals surface area contributed by atoms with Crippen LogP contribution in [0.4, 0.5) is 5.69 Å². The van der Waals surface area contributed by atoms with Crippen LogP contribution in [0.5, 0.6) is 11.5 Å². The number of phenolic OH excluding ortho intramolecular Hbond substituents is 1. The molecule has 1 rings (SSSR count). The highest BCUT2D eigenvalue weighted by atomic mass is 28.3. The standard InChI is InChI=1S/C12H19NO4Si/c1-18(2,3)5-4-7-10(14)8(12(16)17)6-9(13)11(7)15/h6,14-15H,4-5,13H2,1-3H3,(H,16,17). The highest BCUT2D eigenvalue weighted by molar-refractivity contribution is 6.76. The Kier molecular flexibility index (Phi) is 3.91. The molecule has 18 heavy (non-hydrogen) atoms. The molecule has 5 N–H and O–H groups in total. The monoisotopic (exact) mass is 269 g/mol. The van der Waals surface area contributed by atoms with Gasteiger partial charge in [-0.2, -0.15) is 0 Å². The summed E-state index contributed by atoms with van der Waals surface area (Å²) in [5, 5.41) is 28.6. The molecular formula is C12H19NO4Si. The number of nitrogens with two attached hydrogens (primary N) is 1. The van der Waals surface area contributed by atoms with Gasteiger partial charge in [0.25, 0.3) is 0 Å². The van der Waals surface area contributed by atoms with E-state index in [0.29, 0.717) is 6.42 Å². The number of carboxylic acid groups (broad SMARTS) is 1. The lowest BCUT2D eigenvalue weighted by atomic mass is 10.0. The Labute approximate surface area is 107 Å². The Morgan fingerprint density at radius 1 is 1.28 bits per heavy atom. The molecule has 0 bridgehead atoms. The van der Waals surface area contributed by atoms with Crippen molar-refractivity contribution in [3.63, 3.8) is 0 Å². The zero-order chi connectivity index (χ0) is 14.1. The number of hydrogen-bond acceptors (Lipinski definition) is 4. The van der Waals surface area contributed by atoms with Gasteiger partial charge < -0.3 is 21.1 Å². The maximum Gasteiger partial charge on any atom is 0.339 e. The zero-order valence-electron chi connectivity index (χ0n) is 10.8. The van der Waals surface area contributed by atoms with Crippen molar-refractivity contribution in [3.8, 4) is 11.5 Å². The summed E-state index contributed by atoms with van der Waals surface area (Å²) in [5.41, 5.74) is 5.50. The van der Waals surface area contributed by atoms with Crippen molar-refractivity contribution in [3.05, 3.63) is 17.2 Å². The van der Waals surface area contributed by atoms with E-state index in [1.165, 1.54) is 0 Å². The van der Waals surface area contributed by atoms with Gasteiger partial charge in [0.05, 0.1) is 5.69 Å². The second-order valence-corrected chi connectivity index (χ2v) is 11.2. The molecule has 1 aromatic rings. The molecular weight excluding hydrogens is 250 g/mol. The highest BCUT2D eigenvalue weighted by Crippen LogP contribution is 2.37. The summed E-state index contributed by atoms with van der Waals surface area (Å²) < 4.78 is 0. The number of phenols is 2. The van der Waals surface area contributed by atoms with Gasteiger partial charge in [-0.1, -0.05) is 25.7 Å². The van der Waals surface area contributed by atoms with Crippen LogP contribution in [0, 0.1) is 0 Å². The molecule has 0 aliphatic rings. The molecule has 0 radical (unpaired) electrons. The first-order valence-corrected chi connectivity index (χ1v) is 9.41. The van der Waals surface area contributed by atoms with Gasteiger partial charge >= 0.3 is 5.97 Å². The molecule has 100 valence electrons. The van der Waals surface area contributed by atoms with E-state index in [-0.39, 0.29) is 28.3 Å². The molecule has 0 aromatic heterocycles. The maximum atomic E-state index is 11.0. The Bertz CT molecular complexity index is 480. The van der Waals surface area contributed by atoms with Gasteiger partial charge in [0.2, 0.25) is 0 Å². The number of aromatic carboxylic acids is 1. The van der Waals surface area contributed by atoms with E-state index < -0.39 is 14.0 Å². The van der Waals surface area contributed by atoms with E-state index >= 15 is 0 Å². The summed E-state index contributed by atoms with van der Waals surface area (Å²) in [6, 6.07) is 1.90. The first-order valence-electron chi connectivity index (χ1n) is 5.70. The highest BCUT2D eigenvalue weighted by Gasteiger charge is 2.22. The van der Waals surface area contributed by atoms with Gasteiger partial charge in [-0.05, 0) is 12.5 Å². The van der Waals surface area contributed by atoms with Crippen LogP contribution in [-0.2, 0) is 6.42 Å². The number of hydrogen-bond donors (Lipinski definition) is 4. The lowest BCUT2D eigenvalue weighted by Crippen LogP contribution is -2.20. The molecule has 6 heteroatoms. The van der Waals surface area contributed by atoms with Crippen LogP contribution >= 0.6 is 0 Å². The summed E-state index contributed by atoms with van der Waals surface area (Å²) in [7, 11) is -1.36. The molecule has 0 amide bonds. The number of carboxylic acids is 1. The van der Waals surface area contributed by atoms with Crippen LogP contribution in [0.3, 0.4) is 0 Å². The van der Waals surface area contributed by atoms with Crippen LogP contribution in [0.25, 0.3) is 0 Å². The Balaban J connectivity index is 3.21. The smallest absolute Gasteiger partial charge is 0.339 e. The predicted octanol–water partition coefficient (Wildman–Crippen LogP) is 2.26. The molecule has 0 saturated heterocycles. The summed E-state index contributed by atoms with van der Waals surface area (Å²) in [4.78, 5) is 11.0. The first kappa shape index (κ1) is 14.4. The number of rotatable bonds is 4. The third-order valence-electron chi connectivity index (χ3n) is 2.76. The SMILES string of the molecule is C[Si](C)(C)CCc1c(O)c(N)cc(C(=O)O)c1O. The van der Waals surface area contributed by atoms with Gasteiger partial charge in [0.15, 0.2) is 0 Å². The maximum absolute atomic E-state index is 11.0. The van der Waals surface area contributed by atoms with Crippen LogP contribution < -0.4 is 5.73 Å². The largest absolute Gasteiger partial charge is 0.507 e. The number of anilines is 1. The quantitative estimate of drug-likeness (QED) is 0.290. The van der Waals surface area contributed by atoms with Crippen molar-refractivity contribution >= 4 is 19.7 Å². The number of benzene rings is 1. The minimum Gasteiger partial charge on any atom is -0.507 e. The number of carbonyl (C=O) groups is 1. The normalized spacial score (nSPS) is 11.5. The molecule has 0 heterocycles. The molecule has 0 atom stereocenters. The number of aromatic hydroxyl groups is 2. The minimum absolute atomic E-state index is 0.0178. The van der Waals surface area contributed by atoms with Crippen molar-refractivity contribution < 1.29 is 20.1 Å². The molecule has 5 nitrogen and oxygen atoms in total. The van der Waals surface area contributed by atoms with E-state index in [4.69, 9.17) is 10.8 Å². The van der Waals surface area contributed by atoms with Crippen molar-refractivity contribution in [1.29, 1.82) is 0 Å². The minimum atomic E-state index is -1.36. The molecule has 0 saturated carbocycles. The zero-order valence-corrected chi connectivity index (χ0v) is 11.8. The van der Waals surface area contributed by atoms with E-state index in [1.807, 2.05) is 0 Å². The number of nitrogen functional groups attached to an aromatic ring is 1. The van der Waals surface area contributed by atoms with Gasteiger partial charge in [0.1, 0.15) is 17.1 Å². The fraction of sp³-hybridized carbons (Fsp3) is 0.417. The second kappa shape index (κ2) is 4.89. The van der Waals surface area contributed by atoms with Crippen LogP contribution in [-0.4, -0.2) is 29.4 Å². The van der Waals surface area contributed by atoms with Gasteiger partial charge in [0, 0.05) is 13.6 Å². The lowest BCUT2D eigenvalue weighted by molar-refractivity contribution is 0.0693. The molecule has 0 unspecified atom stereocenters. The Hall–Kier alpha value is -1.69. The average molecular weight is 269 g/mol. The predicted molar refractivity (Wildman–Crippen MR) is 73.0 cm³/mol. The first-order chi connectivity index (χ1) is 8.13. The second-order valence-electron chi connectivity index (χ2n) is 5.55. The summed E-state index contributed by atoms with van der Waals surface area (Å²) in [5.74, 6) is -1.85. The van der Waals surface area contributed by atoms with Crippen molar-refractivity contribution in [2.45, 2.75) is 32.1 Å². The third-order valence-corrected chi connectivity index (χ3v) is 4.51. The van der Waals surface area contributed by atoms with Gasteiger partial charge in [-0.3, -0.25) is 0 Å². The molecule has 0 aliphatic heterocycles. The van der Waals surface area contributed by atoms with Crippen molar-refractivity contribution in [2.24, 2.45) is 0 Å². The van der Waals surface area contributed by atoms with E-state index in [1.54, 1.807) is 0 Å². The Morgan fingerprint density at radius 2 is 1.83 bits per heavy atom. The van der Waals surface area contributed by atoms with E-state index in [2.05, 4.69) is 19.6 Å². The molecule has 0 aliphatic carbocycles. The van der Waals surface area contributed by atoms with Crippen LogP contribution in [0.1, 0.15) is 15.9 Å². The molecule has 0 spiro atoms. The van der Waals surface area contributed by atoms with Crippen molar-refractivity contribution in [2.75, 3.05) is 5.73 Å². The fourth-order valence-electron chi connectivity index (χ4n) is 1.64. The summed E-state index contributed by atoms with van der Waals surface area (Å²) >= 11 is 0. The van der Waals surface area contributed by atoms with Crippen LogP contribution in [0.2, 0.25) is 25.7 Å². The Morgan fingerprint density at radius 3 is 2.28 bits per heavy atom.